The van der Waals surface area contributed by atoms with Crippen LogP contribution in [0.5, 0.6) is 0 Å². The van der Waals surface area contributed by atoms with Crippen LogP contribution >= 0.6 is 22.9 Å². The Hall–Kier alpha value is -3.56. The van der Waals surface area contributed by atoms with E-state index in [1.165, 1.54) is 22.3 Å². The van der Waals surface area contributed by atoms with Gasteiger partial charge in [0.25, 0.3) is 11.8 Å². The van der Waals surface area contributed by atoms with Gasteiger partial charge >= 0.3 is 0 Å². The van der Waals surface area contributed by atoms with E-state index < -0.39 is 22.8 Å². The van der Waals surface area contributed by atoms with Crippen molar-refractivity contribution in [3.63, 3.8) is 0 Å². The zero-order chi connectivity index (χ0) is 25.4. The van der Waals surface area contributed by atoms with E-state index in [9.17, 15) is 14.4 Å². The van der Waals surface area contributed by atoms with Gasteiger partial charge < -0.3 is 9.32 Å². The lowest BCUT2D eigenvalue weighted by Gasteiger charge is -2.31. The van der Waals surface area contributed by atoms with Gasteiger partial charge in [-0.2, -0.15) is 0 Å². The van der Waals surface area contributed by atoms with Gasteiger partial charge in [-0.15, -0.1) is 10.2 Å². The Balaban J connectivity index is 1.72. The molecule has 6 rings (SSSR count). The van der Waals surface area contributed by atoms with Crippen LogP contribution < -0.4 is 15.2 Å². The van der Waals surface area contributed by atoms with Crippen LogP contribution in [0.15, 0.2) is 51.7 Å². The molecule has 10 heteroatoms. The Morgan fingerprint density at radius 3 is 2.64 bits per heavy atom. The van der Waals surface area contributed by atoms with Crippen molar-refractivity contribution >= 4 is 56.5 Å². The standard InChI is InChI=1S/C26H21ClN4O4S/c1-4-30-17-8-6-5-7-16(17)26(24(30)34)20-21(32)15-12-14(27)9-10-18(15)35-22(20)23(33)31(26)25-29-28-19(36-25)11-13(2)3/h5-10,12-13H,4,11H2,1-3H3. The van der Waals surface area contributed by atoms with E-state index in [1.54, 1.807) is 29.2 Å². The van der Waals surface area contributed by atoms with Crippen LogP contribution in [-0.4, -0.2) is 28.6 Å². The quantitative estimate of drug-likeness (QED) is 0.384. The van der Waals surface area contributed by atoms with E-state index in [0.29, 0.717) is 35.2 Å². The van der Waals surface area contributed by atoms with Crippen LogP contribution in [0, 0.1) is 5.92 Å². The maximum absolute atomic E-state index is 14.3. The number of halogens is 1. The molecule has 0 N–H and O–H groups in total. The fourth-order valence-electron chi connectivity index (χ4n) is 5.22. The molecule has 0 radical (unpaired) electrons. The van der Waals surface area contributed by atoms with E-state index in [0.717, 1.165) is 5.01 Å². The van der Waals surface area contributed by atoms with E-state index in [2.05, 4.69) is 24.0 Å². The number of para-hydroxylation sites is 1. The molecule has 2 amide bonds. The lowest BCUT2D eigenvalue weighted by atomic mass is 9.84. The molecule has 182 valence electrons. The summed E-state index contributed by atoms with van der Waals surface area (Å²) >= 11 is 7.43. The maximum Gasteiger partial charge on any atom is 0.297 e. The Kier molecular flexibility index (Phi) is 5.07. The number of anilines is 2. The second-order valence-electron chi connectivity index (χ2n) is 9.27. The van der Waals surface area contributed by atoms with Crippen molar-refractivity contribution < 1.29 is 14.0 Å². The third kappa shape index (κ3) is 2.90. The minimum absolute atomic E-state index is 0.0173. The summed E-state index contributed by atoms with van der Waals surface area (Å²) in [6.45, 7) is 6.33. The lowest BCUT2D eigenvalue weighted by molar-refractivity contribution is -0.121. The molecule has 0 aliphatic carbocycles. The topological polar surface area (TPSA) is 96.6 Å². The maximum atomic E-state index is 14.3. The summed E-state index contributed by atoms with van der Waals surface area (Å²) in [6.07, 6.45) is 0.671. The first-order chi connectivity index (χ1) is 17.3. The monoisotopic (exact) mass is 520 g/mol. The molecule has 8 nitrogen and oxygen atoms in total. The van der Waals surface area contributed by atoms with Crippen molar-refractivity contribution in [2.24, 2.45) is 5.92 Å². The molecular formula is C26H21ClN4O4S. The molecule has 0 fully saturated rings. The van der Waals surface area contributed by atoms with Crippen molar-refractivity contribution in [3.05, 3.63) is 79.6 Å². The van der Waals surface area contributed by atoms with Gasteiger partial charge in [0.2, 0.25) is 10.9 Å². The molecule has 0 bridgehead atoms. The highest BCUT2D eigenvalue weighted by molar-refractivity contribution is 7.15. The Morgan fingerprint density at radius 2 is 1.89 bits per heavy atom. The predicted molar refractivity (Wildman–Crippen MR) is 138 cm³/mol. The molecule has 0 saturated carbocycles. The third-order valence-corrected chi connectivity index (χ3v) is 7.80. The Bertz CT molecular complexity index is 1640. The van der Waals surface area contributed by atoms with Gasteiger partial charge in [0.1, 0.15) is 10.6 Å². The van der Waals surface area contributed by atoms with Gasteiger partial charge in [-0.3, -0.25) is 19.3 Å². The normalized spacial score (nSPS) is 18.7. The predicted octanol–water partition coefficient (Wildman–Crippen LogP) is 4.77. The van der Waals surface area contributed by atoms with E-state index in [1.807, 2.05) is 19.1 Å². The Labute approximate surface area is 215 Å². The van der Waals surface area contributed by atoms with Crippen LogP contribution in [0.3, 0.4) is 0 Å². The van der Waals surface area contributed by atoms with E-state index in [4.69, 9.17) is 16.0 Å². The van der Waals surface area contributed by atoms with Crippen LogP contribution in [0.2, 0.25) is 5.02 Å². The molecule has 4 aromatic rings. The van der Waals surface area contributed by atoms with Gasteiger partial charge in [0, 0.05) is 23.6 Å². The number of rotatable bonds is 4. The minimum atomic E-state index is -1.76. The number of benzene rings is 2. The molecule has 1 atom stereocenters. The molecule has 2 aromatic heterocycles. The molecular weight excluding hydrogens is 500 g/mol. The molecule has 4 heterocycles. The SMILES string of the molecule is CCN1C(=O)C2(c3ccccc31)c1c(oc3ccc(Cl)cc3c1=O)C(=O)N2c1nnc(CC(C)C)s1. The number of hydrogen-bond acceptors (Lipinski definition) is 7. The number of fused-ring (bicyclic) bond motifs is 5. The summed E-state index contributed by atoms with van der Waals surface area (Å²) in [4.78, 5) is 45.3. The van der Waals surface area contributed by atoms with Crippen molar-refractivity contribution in [2.45, 2.75) is 32.7 Å². The number of hydrogen-bond donors (Lipinski definition) is 0. The van der Waals surface area contributed by atoms with Gasteiger partial charge in [-0.25, -0.2) is 0 Å². The molecule has 0 saturated heterocycles. The lowest BCUT2D eigenvalue weighted by Crippen LogP contribution is -2.53. The van der Waals surface area contributed by atoms with Crippen molar-refractivity contribution in [1.29, 1.82) is 0 Å². The van der Waals surface area contributed by atoms with Crippen LogP contribution in [0.1, 0.15) is 47.5 Å². The average Bonchev–Trinajstić information content (AvgIpc) is 3.47. The number of nitrogens with zero attached hydrogens (tertiary/aromatic N) is 4. The zero-order valence-corrected chi connectivity index (χ0v) is 21.3. The van der Waals surface area contributed by atoms with Gasteiger partial charge in [-0.1, -0.05) is 55.0 Å². The van der Waals surface area contributed by atoms with Gasteiger partial charge in [0.05, 0.1) is 16.6 Å². The number of aromatic nitrogens is 2. The first-order valence-electron chi connectivity index (χ1n) is 11.6. The highest BCUT2D eigenvalue weighted by Gasteiger charge is 2.66. The van der Waals surface area contributed by atoms with Crippen LogP contribution in [0.25, 0.3) is 11.0 Å². The number of likely N-dealkylation sites (N-methyl/N-ethyl adjacent to an activating group) is 1. The van der Waals surface area contributed by atoms with Gasteiger partial charge in [-0.05, 0) is 37.1 Å². The van der Waals surface area contributed by atoms with Crippen molar-refractivity contribution in [3.8, 4) is 0 Å². The smallest absolute Gasteiger partial charge is 0.297 e. The summed E-state index contributed by atoms with van der Waals surface area (Å²) in [7, 11) is 0. The fourth-order valence-corrected chi connectivity index (χ4v) is 6.49. The highest BCUT2D eigenvalue weighted by Crippen LogP contribution is 2.54. The molecule has 36 heavy (non-hydrogen) atoms. The molecule has 1 unspecified atom stereocenters. The summed E-state index contributed by atoms with van der Waals surface area (Å²) in [5.41, 5.74) is -0.872. The first-order valence-corrected chi connectivity index (χ1v) is 12.8. The summed E-state index contributed by atoms with van der Waals surface area (Å²) in [5.74, 6) is -0.856. The highest BCUT2D eigenvalue weighted by atomic mass is 35.5. The van der Waals surface area contributed by atoms with Crippen LogP contribution in [0.4, 0.5) is 10.8 Å². The Morgan fingerprint density at radius 1 is 1.11 bits per heavy atom. The average molecular weight is 521 g/mol. The van der Waals surface area contributed by atoms with Crippen molar-refractivity contribution in [1.82, 2.24) is 10.2 Å². The van der Waals surface area contributed by atoms with Crippen LogP contribution in [-0.2, 0) is 16.8 Å². The van der Waals surface area contributed by atoms with E-state index in [-0.39, 0.29) is 27.4 Å². The molecule has 2 aromatic carbocycles. The first kappa shape index (κ1) is 22.9. The summed E-state index contributed by atoms with van der Waals surface area (Å²) in [5, 5.41) is 10.1. The largest absolute Gasteiger partial charge is 0.450 e. The number of carbonyl (C=O) groups excluding carboxylic acids is 2. The second-order valence-corrected chi connectivity index (χ2v) is 10.7. The van der Waals surface area contributed by atoms with Crippen molar-refractivity contribution in [2.75, 3.05) is 16.3 Å². The molecule has 2 aliphatic rings. The fraction of sp³-hybridized carbons (Fsp3) is 0.269. The number of carbonyl (C=O) groups is 2. The summed E-state index contributed by atoms with van der Waals surface area (Å²) in [6, 6.07) is 11.8. The van der Waals surface area contributed by atoms with Gasteiger partial charge in [0.15, 0.2) is 11.0 Å². The zero-order valence-electron chi connectivity index (χ0n) is 19.7. The number of amides is 2. The third-order valence-electron chi connectivity index (χ3n) is 6.63. The molecule has 1 spiro atoms. The summed E-state index contributed by atoms with van der Waals surface area (Å²) < 4.78 is 6.03. The second kappa shape index (κ2) is 7.97. The van der Waals surface area contributed by atoms with E-state index >= 15 is 0 Å². The molecule has 2 aliphatic heterocycles. The minimum Gasteiger partial charge on any atom is -0.450 e.